The molecule has 1 aromatic rings. The summed E-state index contributed by atoms with van der Waals surface area (Å²) in [5.41, 5.74) is 0.508. The lowest BCUT2D eigenvalue weighted by Crippen LogP contribution is -2.26. The first kappa shape index (κ1) is 14.0. The number of hydrogen-bond donors (Lipinski definition) is 0. The highest BCUT2D eigenvalue weighted by atomic mass is 16.5. The van der Waals surface area contributed by atoms with Gasteiger partial charge in [-0.25, -0.2) is 0 Å². The van der Waals surface area contributed by atoms with Crippen molar-refractivity contribution in [2.24, 2.45) is 5.92 Å². The zero-order valence-corrected chi connectivity index (χ0v) is 10.6. The monoisotopic (exact) mass is 244 g/mol. The van der Waals surface area contributed by atoms with Gasteiger partial charge < -0.3 is 4.74 Å². The van der Waals surface area contributed by atoms with E-state index in [1.807, 2.05) is 6.07 Å². The van der Waals surface area contributed by atoms with Crippen LogP contribution in [0, 0.1) is 17.8 Å². The first-order valence-corrected chi connectivity index (χ1v) is 5.86. The lowest BCUT2D eigenvalue weighted by Gasteiger charge is -2.11. The summed E-state index contributed by atoms with van der Waals surface area (Å²) in [5, 5.41) is 0. The molecule has 1 rings (SSSR count). The molecule has 0 aliphatic rings. The average molecular weight is 244 g/mol. The molecule has 1 unspecified atom stereocenters. The molecule has 0 saturated carbocycles. The maximum absolute atomic E-state index is 12.2. The van der Waals surface area contributed by atoms with Crippen LogP contribution in [-0.4, -0.2) is 18.4 Å². The van der Waals surface area contributed by atoms with Gasteiger partial charge >= 0.3 is 5.97 Å². The lowest BCUT2D eigenvalue weighted by atomic mass is 9.95. The number of benzene rings is 1. The SMILES string of the molecule is CC#CCC(C(=O)OCC)C(=O)c1ccccc1. The van der Waals surface area contributed by atoms with Crippen LogP contribution in [0.1, 0.15) is 30.6 Å². The normalized spacial score (nSPS) is 11.0. The number of rotatable bonds is 5. The molecule has 0 aromatic heterocycles. The van der Waals surface area contributed by atoms with Crippen LogP contribution < -0.4 is 0 Å². The van der Waals surface area contributed by atoms with Crippen LogP contribution in [0.2, 0.25) is 0 Å². The molecule has 94 valence electrons. The molecule has 3 heteroatoms. The molecular weight excluding hydrogens is 228 g/mol. The Hall–Kier alpha value is -2.08. The van der Waals surface area contributed by atoms with Gasteiger partial charge in [-0.15, -0.1) is 11.8 Å². The molecule has 1 atom stereocenters. The van der Waals surface area contributed by atoms with Crippen molar-refractivity contribution in [1.29, 1.82) is 0 Å². The fraction of sp³-hybridized carbons (Fsp3) is 0.333. The minimum absolute atomic E-state index is 0.197. The molecule has 0 aliphatic carbocycles. The molecule has 3 nitrogen and oxygen atoms in total. The van der Waals surface area contributed by atoms with E-state index in [1.165, 1.54) is 0 Å². The molecule has 0 N–H and O–H groups in total. The van der Waals surface area contributed by atoms with Gasteiger partial charge in [0, 0.05) is 12.0 Å². The summed E-state index contributed by atoms with van der Waals surface area (Å²) in [7, 11) is 0. The summed E-state index contributed by atoms with van der Waals surface area (Å²) in [6.07, 6.45) is 0.197. The van der Waals surface area contributed by atoms with Gasteiger partial charge in [-0.3, -0.25) is 9.59 Å². The van der Waals surface area contributed by atoms with Gasteiger partial charge in [0.2, 0.25) is 0 Å². The van der Waals surface area contributed by atoms with Crippen molar-refractivity contribution >= 4 is 11.8 Å². The van der Waals surface area contributed by atoms with E-state index in [2.05, 4.69) is 11.8 Å². The Morgan fingerprint density at radius 2 is 1.94 bits per heavy atom. The van der Waals surface area contributed by atoms with Gasteiger partial charge in [-0.05, 0) is 13.8 Å². The summed E-state index contributed by atoms with van der Waals surface area (Å²) in [6.45, 7) is 3.65. The topological polar surface area (TPSA) is 43.4 Å². The Labute approximate surface area is 107 Å². The quantitative estimate of drug-likeness (QED) is 0.346. The Kier molecular flexibility index (Phi) is 5.66. The number of hydrogen-bond acceptors (Lipinski definition) is 3. The predicted octanol–water partition coefficient (Wildman–Crippen LogP) is 2.46. The van der Waals surface area contributed by atoms with Crippen molar-refractivity contribution in [2.75, 3.05) is 6.61 Å². The molecule has 0 radical (unpaired) electrons. The zero-order chi connectivity index (χ0) is 13.4. The van der Waals surface area contributed by atoms with Crippen molar-refractivity contribution in [3.63, 3.8) is 0 Å². The number of ketones is 1. The van der Waals surface area contributed by atoms with Crippen LogP contribution in [0.5, 0.6) is 0 Å². The first-order chi connectivity index (χ1) is 8.70. The number of esters is 1. The Morgan fingerprint density at radius 1 is 1.28 bits per heavy atom. The van der Waals surface area contributed by atoms with Gasteiger partial charge in [0.25, 0.3) is 0 Å². The summed E-state index contributed by atoms with van der Waals surface area (Å²) in [4.78, 5) is 24.0. The second kappa shape index (κ2) is 7.29. The Morgan fingerprint density at radius 3 is 2.50 bits per heavy atom. The van der Waals surface area contributed by atoms with Crippen molar-refractivity contribution in [3.05, 3.63) is 35.9 Å². The second-order valence-electron chi connectivity index (χ2n) is 3.67. The van der Waals surface area contributed by atoms with E-state index in [0.29, 0.717) is 5.56 Å². The molecule has 0 spiro atoms. The highest BCUT2D eigenvalue weighted by molar-refractivity contribution is 6.08. The van der Waals surface area contributed by atoms with Gasteiger partial charge in [-0.2, -0.15) is 0 Å². The van der Waals surface area contributed by atoms with E-state index < -0.39 is 11.9 Å². The molecule has 0 fully saturated rings. The number of ether oxygens (including phenoxy) is 1. The summed E-state index contributed by atoms with van der Waals surface area (Å²) < 4.78 is 4.92. The van der Waals surface area contributed by atoms with E-state index in [1.54, 1.807) is 38.1 Å². The molecule has 0 heterocycles. The van der Waals surface area contributed by atoms with Crippen LogP contribution in [0.25, 0.3) is 0 Å². The van der Waals surface area contributed by atoms with Gasteiger partial charge in [-0.1, -0.05) is 30.3 Å². The number of Topliss-reactive ketones (excluding diaryl/α,β-unsaturated/α-hetero) is 1. The van der Waals surface area contributed by atoms with Gasteiger partial charge in [0.1, 0.15) is 5.92 Å². The lowest BCUT2D eigenvalue weighted by molar-refractivity contribution is -0.146. The molecule has 1 aromatic carbocycles. The number of carbonyl (C=O) groups is 2. The largest absolute Gasteiger partial charge is 0.465 e. The smallest absolute Gasteiger partial charge is 0.317 e. The fourth-order valence-electron chi connectivity index (χ4n) is 1.53. The van der Waals surface area contributed by atoms with Crippen molar-refractivity contribution in [1.82, 2.24) is 0 Å². The second-order valence-corrected chi connectivity index (χ2v) is 3.67. The molecule has 0 saturated heterocycles. The highest BCUT2D eigenvalue weighted by Crippen LogP contribution is 2.14. The average Bonchev–Trinajstić information content (AvgIpc) is 2.40. The third kappa shape index (κ3) is 3.74. The van der Waals surface area contributed by atoms with Crippen molar-refractivity contribution in [3.8, 4) is 11.8 Å². The molecule has 0 aliphatic heterocycles. The van der Waals surface area contributed by atoms with Crippen LogP contribution in [0.3, 0.4) is 0 Å². The first-order valence-electron chi connectivity index (χ1n) is 5.86. The van der Waals surface area contributed by atoms with Crippen LogP contribution in [0.15, 0.2) is 30.3 Å². The van der Waals surface area contributed by atoms with Crippen LogP contribution in [0.4, 0.5) is 0 Å². The molecule has 0 bridgehead atoms. The number of carbonyl (C=O) groups excluding carboxylic acids is 2. The molecule has 0 amide bonds. The van der Waals surface area contributed by atoms with Gasteiger partial charge in [0.05, 0.1) is 6.61 Å². The Bertz CT molecular complexity index is 466. The molecule has 18 heavy (non-hydrogen) atoms. The third-order valence-electron chi connectivity index (χ3n) is 2.43. The van der Waals surface area contributed by atoms with Crippen molar-refractivity contribution in [2.45, 2.75) is 20.3 Å². The van der Waals surface area contributed by atoms with Crippen LogP contribution >= 0.6 is 0 Å². The summed E-state index contributed by atoms with van der Waals surface area (Å²) in [6, 6.07) is 8.73. The highest BCUT2D eigenvalue weighted by Gasteiger charge is 2.27. The van der Waals surface area contributed by atoms with Crippen LogP contribution in [-0.2, 0) is 9.53 Å². The maximum Gasteiger partial charge on any atom is 0.317 e. The zero-order valence-electron chi connectivity index (χ0n) is 10.6. The molecular formula is C15H16O3. The van der Waals surface area contributed by atoms with E-state index in [4.69, 9.17) is 4.74 Å². The minimum Gasteiger partial charge on any atom is -0.465 e. The van der Waals surface area contributed by atoms with E-state index in [0.717, 1.165) is 0 Å². The predicted molar refractivity (Wildman–Crippen MR) is 69.0 cm³/mol. The third-order valence-corrected chi connectivity index (χ3v) is 2.43. The van der Waals surface area contributed by atoms with E-state index in [9.17, 15) is 9.59 Å². The van der Waals surface area contributed by atoms with Crippen molar-refractivity contribution < 1.29 is 14.3 Å². The van der Waals surface area contributed by atoms with E-state index >= 15 is 0 Å². The summed E-state index contributed by atoms with van der Waals surface area (Å²) in [5.74, 6) is 3.88. The summed E-state index contributed by atoms with van der Waals surface area (Å²) >= 11 is 0. The maximum atomic E-state index is 12.2. The fourth-order valence-corrected chi connectivity index (χ4v) is 1.53. The standard InChI is InChI=1S/C15H16O3/c1-3-5-11-13(15(17)18-4-2)14(16)12-9-7-6-8-10-12/h6-10,13H,4,11H2,1-2H3. The van der Waals surface area contributed by atoms with E-state index in [-0.39, 0.29) is 18.8 Å². The Balaban J connectivity index is 2.91. The minimum atomic E-state index is -0.834. The van der Waals surface area contributed by atoms with Gasteiger partial charge in [0.15, 0.2) is 5.78 Å².